The summed E-state index contributed by atoms with van der Waals surface area (Å²) in [7, 11) is 0. The van der Waals surface area contributed by atoms with Crippen LogP contribution in [-0.2, 0) is 0 Å². The van der Waals surface area contributed by atoms with E-state index in [1.165, 1.54) is 44.3 Å². The van der Waals surface area contributed by atoms with Crippen LogP contribution >= 0.6 is 11.8 Å². The van der Waals surface area contributed by atoms with Crippen LogP contribution in [0.15, 0.2) is 215 Å². The Labute approximate surface area is 350 Å². The Balaban J connectivity index is 0.967. The number of para-hydroxylation sites is 3. The highest BCUT2D eigenvalue weighted by Crippen LogP contribution is 2.51. The van der Waals surface area contributed by atoms with Crippen molar-refractivity contribution in [2.24, 2.45) is 0 Å². The van der Waals surface area contributed by atoms with Crippen LogP contribution in [0.5, 0.6) is 0 Å². The first kappa shape index (κ1) is 33.6. The number of hydrogen-bond acceptors (Lipinski definition) is 3. The van der Waals surface area contributed by atoms with Crippen LogP contribution in [0.25, 0.3) is 77.1 Å². The maximum absolute atomic E-state index is 14.6. The van der Waals surface area contributed by atoms with Crippen LogP contribution in [0.4, 0.5) is 11.4 Å². The minimum Gasteiger partial charge on any atom is -0.333 e. The largest absolute Gasteiger partial charge is 0.333 e. The summed E-state index contributed by atoms with van der Waals surface area (Å²) in [6.07, 6.45) is 9.02. The van der Waals surface area contributed by atoms with Gasteiger partial charge in [0, 0.05) is 54.3 Å². The molecule has 2 atom stereocenters. The van der Waals surface area contributed by atoms with Gasteiger partial charge in [0.15, 0.2) is 0 Å². The third kappa shape index (κ3) is 4.84. The zero-order valence-electron chi connectivity index (χ0n) is 32.4. The predicted octanol–water partition coefficient (Wildman–Crippen LogP) is 13.8. The van der Waals surface area contributed by atoms with Crippen LogP contribution < -0.4 is 10.5 Å². The normalized spacial score (nSPS) is 16.2. The summed E-state index contributed by atoms with van der Waals surface area (Å²) in [5.41, 5.74) is 13.8. The molecule has 2 unspecified atom stereocenters. The molecule has 0 radical (unpaired) electrons. The Kier molecular flexibility index (Phi) is 7.19. The quantitative estimate of drug-likeness (QED) is 0.167. The van der Waals surface area contributed by atoms with Gasteiger partial charge in [-0.1, -0.05) is 127 Å². The van der Waals surface area contributed by atoms with Crippen molar-refractivity contribution in [1.29, 1.82) is 0 Å². The lowest BCUT2D eigenvalue weighted by Gasteiger charge is -2.28. The summed E-state index contributed by atoms with van der Waals surface area (Å²) in [6, 6.07) is 63.3. The van der Waals surface area contributed by atoms with E-state index in [0.29, 0.717) is 0 Å². The molecule has 13 rings (SSSR count). The number of nitrogens with zero attached hydrogens (tertiary/aromatic N) is 3. The van der Waals surface area contributed by atoms with Gasteiger partial charge >= 0.3 is 0 Å². The van der Waals surface area contributed by atoms with E-state index in [0.717, 1.165) is 59.5 Å². The van der Waals surface area contributed by atoms with Gasteiger partial charge in [0.25, 0.3) is 5.56 Å². The van der Waals surface area contributed by atoms with Gasteiger partial charge in [-0.2, -0.15) is 0 Å². The molecule has 2 aliphatic heterocycles. The molecule has 8 aromatic carbocycles. The number of anilines is 2. The summed E-state index contributed by atoms with van der Waals surface area (Å²) in [4.78, 5) is 19.2. The predicted molar refractivity (Wildman–Crippen MR) is 250 cm³/mol. The average molecular weight is 786 g/mol. The summed E-state index contributed by atoms with van der Waals surface area (Å²) >= 11 is 1.77. The molecule has 0 N–H and O–H groups in total. The van der Waals surface area contributed by atoms with E-state index in [-0.39, 0.29) is 17.5 Å². The molecule has 60 heavy (non-hydrogen) atoms. The van der Waals surface area contributed by atoms with Crippen molar-refractivity contribution in [3.05, 3.63) is 216 Å². The monoisotopic (exact) mass is 785 g/mol. The average Bonchev–Trinajstić information content (AvgIpc) is 3.82. The van der Waals surface area contributed by atoms with Gasteiger partial charge in [0.1, 0.15) is 0 Å². The highest BCUT2D eigenvalue weighted by molar-refractivity contribution is 7.99. The molecule has 0 spiro atoms. The summed E-state index contributed by atoms with van der Waals surface area (Å²) in [5, 5.41) is 5.24. The Morgan fingerprint density at radius 2 is 1.05 bits per heavy atom. The molecule has 4 heterocycles. The van der Waals surface area contributed by atoms with Crippen molar-refractivity contribution in [1.82, 2.24) is 9.13 Å². The summed E-state index contributed by atoms with van der Waals surface area (Å²) in [6.45, 7) is 0. The SMILES string of the molecule is O=c1c2ccccc2c2cc(-c3ccc4c(c3)C3C=CC=CC3N4c3ccccc3)cc3c2n1-c1ccc(-c2ccc4c(c2)c2ccccc2n4-c2ccccc2)cc1S3. The fourth-order valence-electron chi connectivity index (χ4n) is 10.1. The molecule has 0 amide bonds. The number of benzene rings is 8. The molecule has 0 fully saturated rings. The van der Waals surface area contributed by atoms with Crippen LogP contribution in [0.3, 0.4) is 0 Å². The van der Waals surface area contributed by atoms with E-state index in [2.05, 4.69) is 191 Å². The van der Waals surface area contributed by atoms with E-state index in [4.69, 9.17) is 0 Å². The first-order chi connectivity index (χ1) is 29.7. The molecule has 1 aliphatic carbocycles. The van der Waals surface area contributed by atoms with Gasteiger partial charge < -0.3 is 9.47 Å². The molecule has 5 heteroatoms. The Hall–Kier alpha value is -7.34. The van der Waals surface area contributed by atoms with E-state index in [1.54, 1.807) is 11.8 Å². The Morgan fingerprint density at radius 3 is 1.88 bits per heavy atom. The smallest absolute Gasteiger partial charge is 0.263 e. The number of pyridine rings is 1. The Bertz CT molecular complexity index is 3560. The van der Waals surface area contributed by atoms with Gasteiger partial charge in [0.05, 0.1) is 28.3 Å². The maximum Gasteiger partial charge on any atom is 0.263 e. The van der Waals surface area contributed by atoms with Crippen molar-refractivity contribution in [2.75, 3.05) is 4.90 Å². The molecular formula is C55H35N3OS. The molecule has 4 nitrogen and oxygen atoms in total. The summed E-state index contributed by atoms with van der Waals surface area (Å²) in [5.74, 6) is 0.253. The van der Waals surface area contributed by atoms with Crippen molar-refractivity contribution < 1.29 is 0 Å². The van der Waals surface area contributed by atoms with Crippen molar-refractivity contribution in [3.63, 3.8) is 0 Å². The minimum atomic E-state index is 0.0123. The number of hydrogen-bond donors (Lipinski definition) is 0. The lowest BCUT2D eigenvalue weighted by atomic mass is 9.89. The highest BCUT2D eigenvalue weighted by atomic mass is 32.2. The molecule has 10 aromatic rings. The summed E-state index contributed by atoms with van der Waals surface area (Å²) < 4.78 is 4.32. The number of aromatic nitrogens is 2. The molecule has 0 saturated heterocycles. The van der Waals surface area contributed by atoms with Crippen molar-refractivity contribution in [3.8, 4) is 33.6 Å². The Morgan fingerprint density at radius 1 is 0.433 bits per heavy atom. The fourth-order valence-corrected chi connectivity index (χ4v) is 11.3. The van der Waals surface area contributed by atoms with Crippen LogP contribution in [-0.4, -0.2) is 15.2 Å². The van der Waals surface area contributed by atoms with Crippen LogP contribution in [0, 0.1) is 0 Å². The minimum absolute atomic E-state index is 0.0123. The second kappa shape index (κ2) is 12.8. The zero-order valence-corrected chi connectivity index (χ0v) is 33.2. The number of fused-ring (bicyclic) bond motifs is 10. The third-order valence-corrected chi connectivity index (χ3v) is 13.9. The molecule has 282 valence electrons. The van der Waals surface area contributed by atoms with Gasteiger partial charge in [-0.3, -0.25) is 9.36 Å². The molecule has 2 aromatic heterocycles. The number of allylic oxidation sites excluding steroid dienone is 2. The van der Waals surface area contributed by atoms with E-state index < -0.39 is 0 Å². The van der Waals surface area contributed by atoms with E-state index in [9.17, 15) is 4.79 Å². The molecule has 0 saturated carbocycles. The standard InChI is InChI=1S/C55H35N3OS/c59-55-43-20-8-7-17-40(43)46-31-37(35-24-27-50-45(30-35)42-19-10-12-22-48(42)57(50)39-15-5-2-6-16-39)33-53-54(46)58(55)51-28-25-36(32-52(51)60-53)34-23-26-49-44(29-34)41-18-9-11-21-47(41)56(49)38-13-3-1-4-14-38/h1-33,42,48H. The lowest BCUT2D eigenvalue weighted by molar-refractivity contribution is 0.745. The number of rotatable bonds is 4. The molecule has 3 aliphatic rings. The first-order valence-corrected chi connectivity index (χ1v) is 21.4. The topological polar surface area (TPSA) is 30.2 Å². The maximum atomic E-state index is 14.6. The second-order valence-electron chi connectivity index (χ2n) is 16.0. The molecular weight excluding hydrogens is 751 g/mol. The van der Waals surface area contributed by atoms with Crippen LogP contribution in [0.1, 0.15) is 11.5 Å². The van der Waals surface area contributed by atoms with Gasteiger partial charge in [-0.25, -0.2) is 0 Å². The van der Waals surface area contributed by atoms with Crippen molar-refractivity contribution in [2.45, 2.75) is 21.8 Å². The molecule has 0 bridgehead atoms. The van der Waals surface area contributed by atoms with Gasteiger partial charge in [-0.05, 0) is 118 Å². The van der Waals surface area contributed by atoms with Gasteiger partial charge in [-0.15, -0.1) is 0 Å². The highest BCUT2D eigenvalue weighted by Gasteiger charge is 2.37. The lowest BCUT2D eigenvalue weighted by Crippen LogP contribution is -2.28. The van der Waals surface area contributed by atoms with Crippen LogP contribution in [0.2, 0.25) is 0 Å². The van der Waals surface area contributed by atoms with E-state index in [1.807, 2.05) is 22.8 Å². The second-order valence-corrected chi connectivity index (χ2v) is 17.1. The van der Waals surface area contributed by atoms with E-state index >= 15 is 0 Å². The van der Waals surface area contributed by atoms with Crippen molar-refractivity contribution >= 4 is 66.6 Å². The third-order valence-electron chi connectivity index (χ3n) is 12.8. The first-order valence-electron chi connectivity index (χ1n) is 20.5. The van der Waals surface area contributed by atoms with Gasteiger partial charge in [0.2, 0.25) is 0 Å². The fraction of sp³-hybridized carbons (Fsp3) is 0.0364. The zero-order chi connectivity index (χ0) is 39.5.